The van der Waals surface area contributed by atoms with E-state index in [2.05, 4.69) is 10.3 Å². The number of nitrogens with one attached hydrogen (secondary N) is 1. The summed E-state index contributed by atoms with van der Waals surface area (Å²) in [7, 11) is 0. The van der Waals surface area contributed by atoms with Crippen LogP contribution in [0.25, 0.3) is 0 Å². The average Bonchev–Trinajstić information content (AvgIpc) is 2.19. The molecule has 16 heavy (non-hydrogen) atoms. The minimum Gasteiger partial charge on any atom is -0.481 e. The first-order chi connectivity index (χ1) is 7.41. The molecule has 0 spiro atoms. The van der Waals surface area contributed by atoms with Crippen molar-refractivity contribution in [3.8, 4) is 0 Å². The Morgan fingerprint density at radius 2 is 2.25 bits per heavy atom. The lowest BCUT2D eigenvalue weighted by Gasteiger charge is -2.27. The predicted octanol–water partition coefficient (Wildman–Crippen LogP) is 2.45. The summed E-state index contributed by atoms with van der Waals surface area (Å²) in [5, 5.41) is 12.0. The molecular weight excluding hydrogens is 204 g/mol. The van der Waals surface area contributed by atoms with Crippen LogP contribution in [-0.4, -0.2) is 21.6 Å². The van der Waals surface area contributed by atoms with Crippen LogP contribution < -0.4 is 5.32 Å². The Bertz CT molecular complexity index is 375. The van der Waals surface area contributed by atoms with Crippen LogP contribution in [0.4, 0.5) is 5.69 Å². The zero-order valence-electron chi connectivity index (χ0n) is 9.95. The number of anilines is 1. The summed E-state index contributed by atoms with van der Waals surface area (Å²) in [6, 6.07) is 1.90. The van der Waals surface area contributed by atoms with Crippen LogP contribution in [0.2, 0.25) is 0 Å². The van der Waals surface area contributed by atoms with Gasteiger partial charge in [0.1, 0.15) is 0 Å². The Labute approximate surface area is 95.7 Å². The van der Waals surface area contributed by atoms with Crippen molar-refractivity contribution in [1.82, 2.24) is 4.98 Å². The molecule has 0 aliphatic rings. The molecule has 0 saturated carbocycles. The average molecular weight is 222 g/mol. The number of nitrogens with zero attached hydrogens (tertiary/aromatic N) is 1. The van der Waals surface area contributed by atoms with Gasteiger partial charge in [0.15, 0.2) is 0 Å². The van der Waals surface area contributed by atoms with E-state index in [0.29, 0.717) is 6.42 Å². The van der Waals surface area contributed by atoms with Crippen LogP contribution >= 0.6 is 0 Å². The maximum atomic E-state index is 10.5. The van der Waals surface area contributed by atoms with Gasteiger partial charge in [0.05, 0.1) is 0 Å². The monoisotopic (exact) mass is 222 g/mol. The highest BCUT2D eigenvalue weighted by Crippen LogP contribution is 2.21. The van der Waals surface area contributed by atoms with Gasteiger partial charge in [-0.2, -0.15) is 0 Å². The molecule has 4 heteroatoms. The SMILES string of the molecule is Cc1cnccc1NC(C)(C)CCC(=O)O. The van der Waals surface area contributed by atoms with Gasteiger partial charge < -0.3 is 10.4 Å². The molecule has 0 atom stereocenters. The van der Waals surface area contributed by atoms with Crippen LogP contribution in [0.3, 0.4) is 0 Å². The Hall–Kier alpha value is -1.58. The molecule has 4 nitrogen and oxygen atoms in total. The summed E-state index contributed by atoms with van der Waals surface area (Å²) in [5.74, 6) is -0.763. The Morgan fingerprint density at radius 3 is 2.81 bits per heavy atom. The lowest BCUT2D eigenvalue weighted by molar-refractivity contribution is -0.137. The first-order valence-corrected chi connectivity index (χ1v) is 5.31. The molecule has 0 fully saturated rings. The molecular formula is C12H18N2O2. The first kappa shape index (κ1) is 12.5. The van der Waals surface area contributed by atoms with Crippen molar-refractivity contribution in [3.63, 3.8) is 0 Å². The number of rotatable bonds is 5. The molecule has 1 heterocycles. The molecule has 2 N–H and O–H groups in total. The molecule has 0 radical (unpaired) electrons. The molecule has 0 bridgehead atoms. The van der Waals surface area contributed by atoms with Crippen molar-refractivity contribution < 1.29 is 9.90 Å². The number of hydrogen-bond donors (Lipinski definition) is 2. The summed E-state index contributed by atoms with van der Waals surface area (Å²) in [6.07, 6.45) is 4.27. The van der Waals surface area contributed by atoms with Crippen molar-refractivity contribution in [2.45, 2.75) is 39.2 Å². The molecule has 0 amide bonds. The molecule has 1 aromatic rings. The number of aliphatic carboxylic acids is 1. The summed E-state index contributed by atoms with van der Waals surface area (Å²) >= 11 is 0. The number of carboxylic acids is 1. The Morgan fingerprint density at radius 1 is 1.56 bits per heavy atom. The van der Waals surface area contributed by atoms with Crippen molar-refractivity contribution in [2.75, 3.05) is 5.32 Å². The van der Waals surface area contributed by atoms with Gasteiger partial charge in [-0.05, 0) is 38.8 Å². The molecule has 0 unspecified atom stereocenters. The van der Waals surface area contributed by atoms with E-state index in [9.17, 15) is 4.79 Å². The summed E-state index contributed by atoms with van der Waals surface area (Å²) in [5.41, 5.74) is 1.83. The fourth-order valence-corrected chi connectivity index (χ4v) is 1.46. The second-order valence-electron chi connectivity index (χ2n) is 4.59. The molecule has 88 valence electrons. The van der Waals surface area contributed by atoms with Crippen LogP contribution in [0, 0.1) is 6.92 Å². The second-order valence-corrected chi connectivity index (χ2v) is 4.59. The topological polar surface area (TPSA) is 62.2 Å². The number of aryl methyl sites for hydroxylation is 1. The fourth-order valence-electron chi connectivity index (χ4n) is 1.46. The van der Waals surface area contributed by atoms with E-state index in [-0.39, 0.29) is 12.0 Å². The van der Waals surface area contributed by atoms with Crippen molar-refractivity contribution in [2.24, 2.45) is 0 Å². The molecule has 0 aliphatic carbocycles. The fraction of sp³-hybridized carbons (Fsp3) is 0.500. The number of carboxylic acid groups (broad SMARTS) is 1. The Kier molecular flexibility index (Phi) is 3.88. The molecule has 1 aromatic heterocycles. The van der Waals surface area contributed by atoms with Gasteiger partial charge in [0.25, 0.3) is 0 Å². The van der Waals surface area contributed by atoms with Crippen LogP contribution in [0.5, 0.6) is 0 Å². The van der Waals surface area contributed by atoms with E-state index in [1.807, 2.05) is 26.8 Å². The minimum atomic E-state index is -0.763. The van der Waals surface area contributed by atoms with Crippen LogP contribution in [0.15, 0.2) is 18.5 Å². The zero-order valence-corrected chi connectivity index (χ0v) is 9.95. The Balaban J connectivity index is 2.65. The number of aromatic nitrogens is 1. The van der Waals surface area contributed by atoms with E-state index in [0.717, 1.165) is 11.3 Å². The summed E-state index contributed by atoms with van der Waals surface area (Å²) in [6.45, 7) is 5.97. The van der Waals surface area contributed by atoms with Gasteiger partial charge in [0.2, 0.25) is 0 Å². The zero-order chi connectivity index (χ0) is 12.2. The molecule has 0 aliphatic heterocycles. The van der Waals surface area contributed by atoms with Gasteiger partial charge in [-0.3, -0.25) is 9.78 Å². The third-order valence-corrected chi connectivity index (χ3v) is 2.46. The van der Waals surface area contributed by atoms with E-state index < -0.39 is 5.97 Å². The van der Waals surface area contributed by atoms with E-state index in [1.165, 1.54) is 0 Å². The maximum Gasteiger partial charge on any atom is 0.303 e. The first-order valence-electron chi connectivity index (χ1n) is 5.31. The van der Waals surface area contributed by atoms with Gasteiger partial charge in [-0.1, -0.05) is 0 Å². The standard InChI is InChI=1S/C12H18N2O2/c1-9-8-13-7-5-10(9)14-12(2,3)6-4-11(15)16/h5,7-8H,4,6H2,1-3H3,(H,13,14)(H,15,16). The largest absolute Gasteiger partial charge is 0.481 e. The van der Waals surface area contributed by atoms with Gasteiger partial charge in [0, 0.05) is 30.0 Å². The lowest BCUT2D eigenvalue weighted by Crippen LogP contribution is -2.31. The number of pyridine rings is 1. The molecule has 0 saturated heterocycles. The minimum absolute atomic E-state index is 0.171. The van der Waals surface area contributed by atoms with Crippen molar-refractivity contribution in [1.29, 1.82) is 0 Å². The number of carbonyl (C=O) groups is 1. The smallest absolute Gasteiger partial charge is 0.303 e. The van der Waals surface area contributed by atoms with Crippen molar-refractivity contribution >= 4 is 11.7 Å². The highest BCUT2D eigenvalue weighted by molar-refractivity contribution is 5.67. The quantitative estimate of drug-likeness (QED) is 0.803. The van der Waals surface area contributed by atoms with Crippen LogP contribution in [-0.2, 0) is 4.79 Å². The van der Waals surface area contributed by atoms with Crippen LogP contribution in [0.1, 0.15) is 32.3 Å². The second kappa shape index (κ2) is 4.96. The number of hydrogen-bond acceptors (Lipinski definition) is 3. The predicted molar refractivity (Wildman–Crippen MR) is 63.5 cm³/mol. The normalized spacial score (nSPS) is 11.2. The third kappa shape index (κ3) is 3.88. The maximum absolute atomic E-state index is 10.5. The highest BCUT2D eigenvalue weighted by atomic mass is 16.4. The van der Waals surface area contributed by atoms with Gasteiger partial charge >= 0.3 is 5.97 Å². The van der Waals surface area contributed by atoms with E-state index in [4.69, 9.17) is 5.11 Å². The molecule has 0 aromatic carbocycles. The molecule has 1 rings (SSSR count). The summed E-state index contributed by atoms with van der Waals surface area (Å²) in [4.78, 5) is 14.5. The van der Waals surface area contributed by atoms with E-state index in [1.54, 1.807) is 12.4 Å². The third-order valence-electron chi connectivity index (χ3n) is 2.46. The summed E-state index contributed by atoms with van der Waals surface area (Å²) < 4.78 is 0. The highest BCUT2D eigenvalue weighted by Gasteiger charge is 2.19. The lowest BCUT2D eigenvalue weighted by atomic mass is 9.97. The van der Waals surface area contributed by atoms with Gasteiger partial charge in [-0.15, -0.1) is 0 Å². The van der Waals surface area contributed by atoms with Crippen molar-refractivity contribution in [3.05, 3.63) is 24.0 Å². The van der Waals surface area contributed by atoms with E-state index >= 15 is 0 Å². The van der Waals surface area contributed by atoms with Gasteiger partial charge in [-0.25, -0.2) is 0 Å².